The zero-order valence-corrected chi connectivity index (χ0v) is 18.3. The van der Waals surface area contributed by atoms with E-state index in [0.717, 1.165) is 44.8 Å². The number of morpholine rings is 1. The lowest BCUT2D eigenvalue weighted by Crippen LogP contribution is -2.37. The van der Waals surface area contributed by atoms with Gasteiger partial charge in [-0.3, -0.25) is 4.90 Å². The van der Waals surface area contributed by atoms with Gasteiger partial charge in [0, 0.05) is 48.9 Å². The van der Waals surface area contributed by atoms with Crippen LogP contribution in [-0.4, -0.2) is 58.9 Å². The van der Waals surface area contributed by atoms with E-state index in [1.807, 2.05) is 47.0 Å². The summed E-state index contributed by atoms with van der Waals surface area (Å²) < 4.78 is 19.4. The molecule has 4 aromatic rings. The first-order valence-corrected chi connectivity index (χ1v) is 10.4. The Morgan fingerprint density at radius 3 is 2.84 bits per heavy atom. The molecule has 1 N–H and O–H groups in total. The topological polar surface area (TPSA) is 84.7 Å². The van der Waals surface area contributed by atoms with Gasteiger partial charge in [-0.25, -0.2) is 4.98 Å². The third-order valence-electron chi connectivity index (χ3n) is 5.49. The molecule has 0 bridgehead atoms. The van der Waals surface area contributed by atoms with Crippen molar-refractivity contribution in [1.82, 2.24) is 14.3 Å². The van der Waals surface area contributed by atoms with Gasteiger partial charge in [0.15, 0.2) is 5.76 Å². The van der Waals surface area contributed by atoms with Crippen LogP contribution in [0.25, 0.3) is 27.9 Å². The fourth-order valence-corrected chi connectivity index (χ4v) is 3.82. The summed E-state index contributed by atoms with van der Waals surface area (Å²) in [6.45, 7) is 5.18. The Kier molecular flexibility index (Phi) is 6.94. The van der Waals surface area contributed by atoms with Crippen molar-refractivity contribution in [2.45, 2.75) is 6.42 Å². The molecule has 0 atom stereocenters. The van der Waals surface area contributed by atoms with E-state index in [1.165, 1.54) is 0 Å². The smallest absolute Gasteiger partial charge is 0.155 e. The quantitative estimate of drug-likeness (QED) is 0.271. The van der Waals surface area contributed by atoms with Gasteiger partial charge in [0.1, 0.15) is 22.4 Å². The Hall–Kier alpha value is -3.07. The number of halogens is 1. The largest absolute Gasteiger partial charge is 0.493 e. The molecule has 9 heteroatoms. The van der Waals surface area contributed by atoms with E-state index in [-0.39, 0.29) is 12.4 Å². The van der Waals surface area contributed by atoms with Crippen LogP contribution in [-0.2, 0) is 4.74 Å². The Labute approximate surface area is 191 Å². The van der Waals surface area contributed by atoms with E-state index < -0.39 is 0 Å². The molecule has 1 aliphatic heterocycles. The van der Waals surface area contributed by atoms with Gasteiger partial charge in [-0.15, -0.1) is 12.4 Å². The zero-order valence-electron chi connectivity index (χ0n) is 17.5. The first kappa shape index (κ1) is 22.1. The Morgan fingerprint density at radius 1 is 1.12 bits per heavy atom. The third-order valence-corrected chi connectivity index (χ3v) is 5.49. The second-order valence-electron chi connectivity index (χ2n) is 7.52. The average molecular weight is 457 g/mol. The molecule has 3 aromatic heterocycles. The van der Waals surface area contributed by atoms with E-state index in [4.69, 9.17) is 13.9 Å². The maximum absolute atomic E-state index is 9.53. The lowest BCUT2D eigenvalue weighted by atomic mass is 10.2. The van der Waals surface area contributed by atoms with E-state index in [2.05, 4.69) is 15.0 Å². The van der Waals surface area contributed by atoms with Crippen molar-refractivity contribution in [3.05, 3.63) is 60.3 Å². The average Bonchev–Trinajstić information content (AvgIpc) is 3.29. The Balaban J connectivity index is 0.00000245. The molecule has 0 saturated carbocycles. The minimum Gasteiger partial charge on any atom is -0.493 e. The van der Waals surface area contributed by atoms with Gasteiger partial charge >= 0.3 is 0 Å². The van der Waals surface area contributed by atoms with Crippen molar-refractivity contribution >= 4 is 28.9 Å². The number of hydrogen-bond donors (Lipinski definition) is 1. The Morgan fingerprint density at radius 2 is 2.00 bits per heavy atom. The van der Waals surface area contributed by atoms with Gasteiger partial charge in [-0.05, 0) is 36.8 Å². The van der Waals surface area contributed by atoms with Crippen molar-refractivity contribution in [1.29, 1.82) is 0 Å². The van der Waals surface area contributed by atoms with Gasteiger partial charge in [0.25, 0.3) is 0 Å². The normalized spacial score (nSPS) is 15.2. The minimum absolute atomic E-state index is 0. The third kappa shape index (κ3) is 4.72. The molecule has 32 heavy (non-hydrogen) atoms. The number of hydrogen-bond acceptors (Lipinski definition) is 7. The summed E-state index contributed by atoms with van der Waals surface area (Å²) in [5, 5.41) is 14.1. The highest BCUT2D eigenvalue weighted by molar-refractivity contribution is 5.85. The van der Waals surface area contributed by atoms with Crippen LogP contribution in [0.5, 0.6) is 5.75 Å². The van der Waals surface area contributed by atoms with E-state index >= 15 is 0 Å². The van der Waals surface area contributed by atoms with Crippen LogP contribution >= 0.6 is 12.4 Å². The SMILES string of the molecule is Cl.O/N=c1\cc(-c2cc3cccn3cn2)oc2cc(OCCCN3CCOCC3)ccc12. The summed E-state index contributed by atoms with van der Waals surface area (Å²) in [5.41, 5.74) is 2.24. The van der Waals surface area contributed by atoms with Gasteiger partial charge in [-0.1, -0.05) is 5.16 Å². The number of benzene rings is 1. The monoisotopic (exact) mass is 456 g/mol. The fourth-order valence-electron chi connectivity index (χ4n) is 3.82. The van der Waals surface area contributed by atoms with E-state index in [0.29, 0.717) is 40.1 Å². The van der Waals surface area contributed by atoms with Crippen molar-refractivity contribution in [3.63, 3.8) is 0 Å². The summed E-state index contributed by atoms with van der Waals surface area (Å²) in [4.78, 5) is 6.85. The van der Waals surface area contributed by atoms with Gasteiger partial charge in [0.05, 0.1) is 26.1 Å². The number of aromatic nitrogens is 2. The highest BCUT2D eigenvalue weighted by atomic mass is 35.5. The maximum atomic E-state index is 9.53. The molecular formula is C23H25ClN4O4. The molecule has 8 nitrogen and oxygen atoms in total. The number of rotatable bonds is 6. The minimum atomic E-state index is 0. The second-order valence-corrected chi connectivity index (χ2v) is 7.52. The fraction of sp³-hybridized carbons (Fsp3) is 0.304. The van der Waals surface area contributed by atoms with Gasteiger partial charge in [-0.2, -0.15) is 0 Å². The van der Waals surface area contributed by atoms with Crippen LogP contribution in [0.3, 0.4) is 0 Å². The summed E-state index contributed by atoms with van der Waals surface area (Å²) in [7, 11) is 0. The molecule has 0 unspecified atom stereocenters. The van der Waals surface area contributed by atoms with E-state index in [1.54, 1.807) is 12.4 Å². The van der Waals surface area contributed by atoms with Crippen molar-refractivity contribution in [2.24, 2.45) is 5.16 Å². The number of ether oxygens (including phenoxy) is 2. The molecule has 5 rings (SSSR count). The summed E-state index contributed by atoms with van der Waals surface area (Å²) in [5.74, 6) is 1.24. The summed E-state index contributed by atoms with van der Waals surface area (Å²) in [6.07, 6.45) is 4.60. The van der Waals surface area contributed by atoms with Crippen molar-refractivity contribution in [3.8, 4) is 17.2 Å². The van der Waals surface area contributed by atoms with Gasteiger partial charge < -0.3 is 23.5 Å². The van der Waals surface area contributed by atoms with Gasteiger partial charge in [0.2, 0.25) is 0 Å². The van der Waals surface area contributed by atoms with Crippen LogP contribution in [0, 0.1) is 0 Å². The first-order chi connectivity index (χ1) is 15.3. The molecule has 4 heterocycles. The number of nitrogens with zero attached hydrogens (tertiary/aromatic N) is 4. The molecular weight excluding hydrogens is 432 g/mol. The molecule has 1 aliphatic rings. The van der Waals surface area contributed by atoms with Crippen LogP contribution < -0.4 is 10.1 Å². The summed E-state index contributed by atoms with van der Waals surface area (Å²) >= 11 is 0. The maximum Gasteiger partial charge on any atom is 0.155 e. The zero-order chi connectivity index (χ0) is 21.0. The first-order valence-electron chi connectivity index (χ1n) is 10.4. The van der Waals surface area contributed by atoms with Crippen molar-refractivity contribution < 1.29 is 19.1 Å². The van der Waals surface area contributed by atoms with Crippen LogP contribution in [0.4, 0.5) is 0 Å². The molecule has 1 fully saturated rings. The molecule has 0 aliphatic carbocycles. The molecule has 0 spiro atoms. The number of fused-ring (bicyclic) bond motifs is 2. The molecule has 1 aromatic carbocycles. The molecule has 0 radical (unpaired) electrons. The van der Waals surface area contributed by atoms with E-state index in [9.17, 15) is 5.21 Å². The Bertz CT molecular complexity index is 1260. The standard InChI is InChI=1S/C23H24N4O4.ClH/c28-25-20-15-23(21-13-17-3-1-7-27(17)16-24-21)31-22-14-18(4-5-19(20)22)30-10-2-6-26-8-11-29-12-9-26;/h1,3-5,7,13-16,28H,2,6,8-12H2;1H/b25-20+;. The van der Waals surface area contributed by atoms with Crippen molar-refractivity contribution in [2.75, 3.05) is 39.5 Å². The molecule has 168 valence electrons. The summed E-state index contributed by atoms with van der Waals surface area (Å²) in [6, 6.07) is 13.1. The lowest BCUT2D eigenvalue weighted by molar-refractivity contribution is 0.0358. The van der Waals surface area contributed by atoms with Crippen LogP contribution in [0.2, 0.25) is 0 Å². The highest BCUT2D eigenvalue weighted by Crippen LogP contribution is 2.25. The second kappa shape index (κ2) is 10.0. The predicted octanol–water partition coefficient (Wildman–Crippen LogP) is 3.56. The van der Waals surface area contributed by atoms with Crippen LogP contribution in [0.1, 0.15) is 6.42 Å². The van der Waals surface area contributed by atoms with Crippen LogP contribution in [0.15, 0.2) is 64.6 Å². The highest BCUT2D eigenvalue weighted by Gasteiger charge is 2.11. The predicted molar refractivity (Wildman–Crippen MR) is 122 cm³/mol. The lowest BCUT2D eigenvalue weighted by Gasteiger charge is -2.26. The molecule has 0 amide bonds. The molecule has 1 saturated heterocycles.